The van der Waals surface area contributed by atoms with Crippen molar-refractivity contribution in [3.8, 4) is 5.75 Å². The van der Waals surface area contributed by atoms with Crippen molar-refractivity contribution in [2.45, 2.75) is 38.3 Å². The Bertz CT molecular complexity index is 521. The first-order chi connectivity index (χ1) is 10.0. The number of nitro groups is 1. The van der Waals surface area contributed by atoms with E-state index in [1.165, 1.54) is 12.1 Å². The normalized spacial score (nSPS) is 20.7. The van der Waals surface area contributed by atoms with Gasteiger partial charge in [0.25, 0.3) is 5.69 Å². The third-order valence-corrected chi connectivity index (χ3v) is 3.63. The first kappa shape index (κ1) is 15.5. The fourth-order valence-electron chi connectivity index (χ4n) is 2.49. The van der Waals surface area contributed by atoms with Gasteiger partial charge in [0, 0.05) is 5.56 Å². The maximum atomic E-state index is 10.9. The Morgan fingerprint density at radius 3 is 2.95 bits per heavy atom. The van der Waals surface area contributed by atoms with Crippen LogP contribution in [-0.4, -0.2) is 29.3 Å². The van der Waals surface area contributed by atoms with Gasteiger partial charge < -0.3 is 20.9 Å². The van der Waals surface area contributed by atoms with Crippen LogP contribution in [0.3, 0.4) is 0 Å². The topological polar surface area (TPSA) is 111 Å². The summed E-state index contributed by atoms with van der Waals surface area (Å²) in [6, 6.07) is 2.54. The van der Waals surface area contributed by atoms with Crippen molar-refractivity contribution >= 4 is 11.4 Å². The van der Waals surface area contributed by atoms with E-state index in [0.717, 1.165) is 25.8 Å². The standard InChI is InChI=1S/C14H21N3O4/c1-2-3-4-5-16-14-9-6-10(15)11(17(19)20)7-13(9)21-8-12(14)18/h6-7,12,14,16,18H,2-5,8,15H2,1H3. The zero-order chi connectivity index (χ0) is 15.4. The number of fused-ring (bicyclic) bond motifs is 1. The smallest absolute Gasteiger partial charge is 0.295 e. The third kappa shape index (κ3) is 3.43. The van der Waals surface area contributed by atoms with Gasteiger partial charge >= 0.3 is 0 Å². The summed E-state index contributed by atoms with van der Waals surface area (Å²) in [6.45, 7) is 3.00. The second kappa shape index (κ2) is 6.73. The second-order valence-electron chi connectivity index (χ2n) is 5.22. The van der Waals surface area contributed by atoms with Crippen molar-refractivity contribution < 1.29 is 14.8 Å². The SMILES string of the molecule is CCCCCNC1c2cc(N)c([N+](=O)[O-])cc2OCC1O. The van der Waals surface area contributed by atoms with Crippen LogP contribution in [0.25, 0.3) is 0 Å². The average Bonchev–Trinajstić information content (AvgIpc) is 2.44. The lowest BCUT2D eigenvalue weighted by Gasteiger charge is -2.31. The van der Waals surface area contributed by atoms with Gasteiger partial charge in [-0.15, -0.1) is 0 Å². The highest BCUT2D eigenvalue weighted by molar-refractivity contribution is 5.64. The molecule has 0 spiro atoms. The number of benzene rings is 1. The van der Waals surface area contributed by atoms with Crippen LogP contribution in [0.2, 0.25) is 0 Å². The van der Waals surface area contributed by atoms with Gasteiger partial charge in [-0.3, -0.25) is 10.1 Å². The maximum Gasteiger partial charge on any atom is 0.295 e. The highest BCUT2D eigenvalue weighted by atomic mass is 16.6. The summed E-state index contributed by atoms with van der Waals surface area (Å²) in [4.78, 5) is 10.4. The van der Waals surface area contributed by atoms with Crippen LogP contribution in [0.5, 0.6) is 5.75 Å². The molecule has 0 saturated heterocycles. The number of nitrogen functional groups attached to an aromatic ring is 1. The zero-order valence-electron chi connectivity index (χ0n) is 12.0. The monoisotopic (exact) mass is 295 g/mol. The lowest BCUT2D eigenvalue weighted by molar-refractivity contribution is -0.384. The molecule has 1 aromatic carbocycles. The predicted molar refractivity (Wildman–Crippen MR) is 79.3 cm³/mol. The molecule has 0 saturated carbocycles. The van der Waals surface area contributed by atoms with E-state index in [0.29, 0.717) is 11.3 Å². The van der Waals surface area contributed by atoms with Crippen LogP contribution in [0, 0.1) is 10.1 Å². The number of unbranched alkanes of at least 4 members (excludes halogenated alkanes) is 2. The summed E-state index contributed by atoms with van der Waals surface area (Å²) in [5.74, 6) is 0.411. The molecule has 0 radical (unpaired) electrons. The summed E-state index contributed by atoms with van der Waals surface area (Å²) in [7, 11) is 0. The number of nitrogens with zero attached hydrogens (tertiary/aromatic N) is 1. The minimum atomic E-state index is -0.694. The lowest BCUT2D eigenvalue weighted by atomic mass is 9.96. The molecule has 2 rings (SSSR count). The Balaban J connectivity index is 2.21. The quantitative estimate of drug-likeness (QED) is 0.319. The van der Waals surface area contributed by atoms with E-state index in [2.05, 4.69) is 12.2 Å². The molecule has 1 aromatic rings. The molecule has 21 heavy (non-hydrogen) atoms. The van der Waals surface area contributed by atoms with Crippen LogP contribution in [0.15, 0.2) is 12.1 Å². The van der Waals surface area contributed by atoms with Gasteiger partial charge in [0.05, 0.1) is 17.0 Å². The van der Waals surface area contributed by atoms with Gasteiger partial charge in [-0.25, -0.2) is 0 Å². The number of rotatable bonds is 6. The van der Waals surface area contributed by atoms with Gasteiger partial charge in [0.1, 0.15) is 24.1 Å². The molecule has 116 valence electrons. The number of nitrogens with two attached hydrogens (primary N) is 1. The van der Waals surface area contributed by atoms with E-state index in [4.69, 9.17) is 10.5 Å². The van der Waals surface area contributed by atoms with Crippen LogP contribution in [-0.2, 0) is 0 Å². The first-order valence-corrected chi connectivity index (χ1v) is 7.16. The van der Waals surface area contributed by atoms with Crippen molar-refractivity contribution in [1.82, 2.24) is 5.32 Å². The molecule has 1 aliphatic heterocycles. The van der Waals surface area contributed by atoms with Crippen LogP contribution < -0.4 is 15.8 Å². The highest BCUT2D eigenvalue weighted by Crippen LogP contribution is 2.38. The zero-order valence-corrected chi connectivity index (χ0v) is 12.0. The average molecular weight is 295 g/mol. The predicted octanol–water partition coefficient (Wildman–Crippen LogP) is 1.75. The van der Waals surface area contributed by atoms with Crippen molar-refractivity contribution in [3.05, 3.63) is 27.8 Å². The summed E-state index contributed by atoms with van der Waals surface area (Å²) in [5.41, 5.74) is 6.31. The van der Waals surface area contributed by atoms with E-state index < -0.39 is 11.0 Å². The molecule has 7 nitrogen and oxygen atoms in total. The van der Waals surface area contributed by atoms with Gasteiger partial charge in [-0.1, -0.05) is 19.8 Å². The number of ether oxygens (including phenoxy) is 1. The Kier molecular flexibility index (Phi) is 4.98. The van der Waals surface area contributed by atoms with Gasteiger partial charge in [-0.05, 0) is 19.0 Å². The molecule has 7 heteroatoms. The number of hydrogen-bond donors (Lipinski definition) is 3. The van der Waals surface area contributed by atoms with E-state index in [9.17, 15) is 15.2 Å². The van der Waals surface area contributed by atoms with Gasteiger partial charge in [0.2, 0.25) is 0 Å². The van der Waals surface area contributed by atoms with E-state index >= 15 is 0 Å². The largest absolute Gasteiger partial charge is 0.490 e. The van der Waals surface area contributed by atoms with Crippen molar-refractivity contribution in [2.24, 2.45) is 0 Å². The third-order valence-electron chi connectivity index (χ3n) is 3.63. The number of anilines is 1. The molecular weight excluding hydrogens is 274 g/mol. The van der Waals surface area contributed by atoms with Crippen molar-refractivity contribution in [3.63, 3.8) is 0 Å². The van der Waals surface area contributed by atoms with Gasteiger partial charge in [-0.2, -0.15) is 0 Å². The molecule has 4 N–H and O–H groups in total. The molecule has 0 bridgehead atoms. The van der Waals surface area contributed by atoms with Gasteiger partial charge in [0.15, 0.2) is 0 Å². The van der Waals surface area contributed by atoms with E-state index in [1.54, 1.807) is 0 Å². The summed E-state index contributed by atoms with van der Waals surface area (Å²) < 4.78 is 5.39. The fraction of sp³-hybridized carbons (Fsp3) is 0.571. The Hall–Kier alpha value is -1.86. The molecule has 2 atom stereocenters. The minimum absolute atomic E-state index is 0.0804. The van der Waals surface area contributed by atoms with Crippen LogP contribution in [0.4, 0.5) is 11.4 Å². The number of aliphatic hydroxyl groups excluding tert-OH is 1. The number of hydrogen-bond acceptors (Lipinski definition) is 6. The Morgan fingerprint density at radius 1 is 1.52 bits per heavy atom. The number of nitrogens with one attached hydrogen (secondary N) is 1. The maximum absolute atomic E-state index is 10.9. The summed E-state index contributed by atoms with van der Waals surface area (Å²) in [5, 5.41) is 24.3. The van der Waals surface area contributed by atoms with Crippen LogP contribution in [0.1, 0.15) is 37.8 Å². The number of aliphatic hydroxyl groups is 1. The van der Waals surface area contributed by atoms with Crippen molar-refractivity contribution in [2.75, 3.05) is 18.9 Å². The molecule has 1 aliphatic rings. The molecule has 0 fully saturated rings. The Morgan fingerprint density at radius 2 is 2.29 bits per heavy atom. The minimum Gasteiger partial charge on any atom is -0.490 e. The molecule has 2 unspecified atom stereocenters. The molecular formula is C14H21N3O4. The van der Waals surface area contributed by atoms with Crippen LogP contribution >= 0.6 is 0 Å². The Labute approximate surface area is 123 Å². The molecule has 0 aromatic heterocycles. The highest BCUT2D eigenvalue weighted by Gasteiger charge is 2.31. The summed E-state index contributed by atoms with van der Waals surface area (Å²) >= 11 is 0. The number of nitro benzene ring substituents is 1. The second-order valence-corrected chi connectivity index (χ2v) is 5.22. The van der Waals surface area contributed by atoms with E-state index in [1.807, 2.05) is 0 Å². The fourth-order valence-corrected chi connectivity index (χ4v) is 2.49. The van der Waals surface area contributed by atoms with Crippen molar-refractivity contribution in [1.29, 1.82) is 0 Å². The first-order valence-electron chi connectivity index (χ1n) is 7.16. The summed E-state index contributed by atoms with van der Waals surface area (Å²) in [6.07, 6.45) is 2.55. The van der Waals surface area contributed by atoms with E-state index in [-0.39, 0.29) is 24.0 Å². The molecule has 1 heterocycles. The molecule has 0 aliphatic carbocycles. The lowest BCUT2D eigenvalue weighted by Crippen LogP contribution is -2.39. The molecule has 0 amide bonds.